The molecular formula is C15H22N2. The molecule has 2 fully saturated rings. The van der Waals surface area contributed by atoms with E-state index in [1.807, 2.05) is 0 Å². The molecule has 1 aromatic carbocycles. The highest BCUT2D eigenvalue weighted by Gasteiger charge is 2.38. The number of para-hydroxylation sites is 1. The van der Waals surface area contributed by atoms with Gasteiger partial charge in [0, 0.05) is 24.8 Å². The molecule has 1 saturated carbocycles. The van der Waals surface area contributed by atoms with Crippen molar-refractivity contribution in [2.45, 2.75) is 38.8 Å². The molecule has 2 unspecified atom stereocenters. The average Bonchev–Trinajstić information content (AvgIpc) is 2.99. The van der Waals surface area contributed by atoms with Crippen molar-refractivity contribution in [1.82, 2.24) is 5.32 Å². The minimum Gasteiger partial charge on any atom is -0.368 e. The van der Waals surface area contributed by atoms with E-state index in [0.717, 1.165) is 25.0 Å². The van der Waals surface area contributed by atoms with E-state index in [1.165, 1.54) is 37.1 Å². The largest absolute Gasteiger partial charge is 0.368 e. The summed E-state index contributed by atoms with van der Waals surface area (Å²) in [6.45, 7) is 5.50. The smallest absolute Gasteiger partial charge is 0.0414 e. The van der Waals surface area contributed by atoms with E-state index in [9.17, 15) is 0 Å². The van der Waals surface area contributed by atoms with E-state index in [0.29, 0.717) is 0 Å². The lowest BCUT2D eigenvalue weighted by atomic mass is 10.1. The van der Waals surface area contributed by atoms with Gasteiger partial charge in [-0.15, -0.1) is 0 Å². The maximum Gasteiger partial charge on any atom is 0.0414 e. The minimum atomic E-state index is 0.822. The Morgan fingerprint density at radius 2 is 2.18 bits per heavy atom. The second kappa shape index (κ2) is 4.69. The second-order valence-corrected chi connectivity index (χ2v) is 5.39. The molecule has 92 valence electrons. The van der Waals surface area contributed by atoms with E-state index >= 15 is 0 Å². The number of nitrogens with zero attached hydrogens (tertiary/aromatic N) is 1. The Morgan fingerprint density at radius 1 is 1.29 bits per heavy atom. The molecule has 0 amide bonds. The summed E-state index contributed by atoms with van der Waals surface area (Å²) in [7, 11) is 0. The molecule has 1 heterocycles. The van der Waals surface area contributed by atoms with Gasteiger partial charge in [-0.3, -0.25) is 0 Å². The van der Waals surface area contributed by atoms with Crippen LogP contribution in [0.5, 0.6) is 0 Å². The van der Waals surface area contributed by atoms with Crippen LogP contribution in [0.25, 0.3) is 0 Å². The summed E-state index contributed by atoms with van der Waals surface area (Å²) in [5.41, 5.74) is 2.93. The highest BCUT2D eigenvalue weighted by molar-refractivity contribution is 5.55. The van der Waals surface area contributed by atoms with Crippen LogP contribution in [0.15, 0.2) is 24.3 Å². The zero-order chi connectivity index (χ0) is 11.7. The average molecular weight is 230 g/mol. The third kappa shape index (κ3) is 2.06. The fraction of sp³-hybridized carbons (Fsp3) is 0.600. The monoisotopic (exact) mass is 230 g/mol. The molecule has 1 saturated heterocycles. The Labute approximate surface area is 104 Å². The first-order valence-electron chi connectivity index (χ1n) is 6.93. The Balaban J connectivity index is 1.82. The Kier molecular flexibility index (Phi) is 3.06. The Hall–Kier alpha value is -1.02. The SMILES string of the molecule is CCNCc1ccccc1N1CC2CCC1C2. The number of anilines is 1. The van der Waals surface area contributed by atoms with Crippen LogP contribution in [-0.2, 0) is 6.54 Å². The Bertz CT molecular complexity index is 388. The van der Waals surface area contributed by atoms with E-state index in [2.05, 4.69) is 41.4 Å². The van der Waals surface area contributed by atoms with Crippen LogP contribution in [0, 0.1) is 5.92 Å². The van der Waals surface area contributed by atoms with E-state index in [4.69, 9.17) is 0 Å². The second-order valence-electron chi connectivity index (χ2n) is 5.39. The third-order valence-corrected chi connectivity index (χ3v) is 4.28. The molecule has 1 aliphatic carbocycles. The molecule has 1 N–H and O–H groups in total. The normalized spacial score (nSPS) is 26.8. The molecule has 2 aliphatic rings. The van der Waals surface area contributed by atoms with Crippen molar-refractivity contribution >= 4 is 5.69 Å². The summed E-state index contributed by atoms with van der Waals surface area (Å²) in [4.78, 5) is 2.65. The first-order chi connectivity index (χ1) is 8.38. The number of piperidine rings is 1. The van der Waals surface area contributed by atoms with E-state index < -0.39 is 0 Å². The van der Waals surface area contributed by atoms with Gasteiger partial charge in [-0.05, 0) is 43.4 Å². The fourth-order valence-electron chi connectivity index (χ4n) is 3.42. The number of nitrogens with one attached hydrogen (secondary N) is 1. The number of hydrogen-bond acceptors (Lipinski definition) is 2. The molecule has 2 bridgehead atoms. The fourth-order valence-corrected chi connectivity index (χ4v) is 3.42. The van der Waals surface area contributed by atoms with Gasteiger partial charge >= 0.3 is 0 Å². The van der Waals surface area contributed by atoms with Crippen molar-refractivity contribution in [1.29, 1.82) is 0 Å². The highest BCUT2D eigenvalue weighted by atomic mass is 15.2. The number of rotatable bonds is 4. The quantitative estimate of drug-likeness (QED) is 0.855. The lowest BCUT2D eigenvalue weighted by molar-refractivity contribution is 0.551. The van der Waals surface area contributed by atoms with Gasteiger partial charge in [0.2, 0.25) is 0 Å². The molecule has 2 heteroatoms. The molecule has 2 nitrogen and oxygen atoms in total. The lowest BCUT2D eigenvalue weighted by Crippen LogP contribution is -2.33. The molecule has 0 radical (unpaired) electrons. The summed E-state index contributed by atoms with van der Waals surface area (Å²) in [5, 5.41) is 3.45. The van der Waals surface area contributed by atoms with Crippen molar-refractivity contribution in [3.05, 3.63) is 29.8 Å². The van der Waals surface area contributed by atoms with Crippen LogP contribution in [0.3, 0.4) is 0 Å². The predicted molar refractivity (Wildman–Crippen MR) is 72.3 cm³/mol. The predicted octanol–water partition coefficient (Wildman–Crippen LogP) is 2.78. The third-order valence-electron chi connectivity index (χ3n) is 4.28. The Morgan fingerprint density at radius 3 is 2.88 bits per heavy atom. The molecule has 1 aliphatic heterocycles. The van der Waals surface area contributed by atoms with Gasteiger partial charge in [0.25, 0.3) is 0 Å². The van der Waals surface area contributed by atoms with Gasteiger partial charge in [0.1, 0.15) is 0 Å². The molecule has 1 aromatic rings. The molecule has 17 heavy (non-hydrogen) atoms. The van der Waals surface area contributed by atoms with Crippen LogP contribution in [0.2, 0.25) is 0 Å². The summed E-state index contributed by atoms with van der Waals surface area (Å²) in [5.74, 6) is 0.965. The van der Waals surface area contributed by atoms with Gasteiger partial charge in [-0.1, -0.05) is 25.1 Å². The van der Waals surface area contributed by atoms with Gasteiger partial charge in [-0.25, -0.2) is 0 Å². The first-order valence-corrected chi connectivity index (χ1v) is 6.93. The van der Waals surface area contributed by atoms with Crippen molar-refractivity contribution < 1.29 is 0 Å². The van der Waals surface area contributed by atoms with E-state index in [-0.39, 0.29) is 0 Å². The summed E-state index contributed by atoms with van der Waals surface area (Å²) >= 11 is 0. The molecule has 0 spiro atoms. The van der Waals surface area contributed by atoms with Gasteiger partial charge in [0.15, 0.2) is 0 Å². The molecule has 3 rings (SSSR count). The molecule has 2 atom stereocenters. The summed E-state index contributed by atoms with van der Waals surface area (Å²) in [6, 6.07) is 9.72. The van der Waals surface area contributed by atoms with Crippen LogP contribution in [0.4, 0.5) is 5.69 Å². The standard InChI is InChI=1S/C15H22N2/c1-2-16-10-13-5-3-4-6-15(13)17-11-12-7-8-14(17)9-12/h3-6,12,14,16H,2,7-11H2,1H3. The van der Waals surface area contributed by atoms with Crippen LogP contribution < -0.4 is 10.2 Å². The maximum atomic E-state index is 3.45. The van der Waals surface area contributed by atoms with E-state index in [1.54, 1.807) is 0 Å². The van der Waals surface area contributed by atoms with Crippen molar-refractivity contribution in [2.75, 3.05) is 18.0 Å². The number of hydrogen-bond donors (Lipinski definition) is 1. The zero-order valence-corrected chi connectivity index (χ0v) is 10.7. The number of fused-ring (bicyclic) bond motifs is 2. The van der Waals surface area contributed by atoms with Crippen molar-refractivity contribution in [3.8, 4) is 0 Å². The minimum absolute atomic E-state index is 0.822. The topological polar surface area (TPSA) is 15.3 Å². The lowest BCUT2D eigenvalue weighted by Gasteiger charge is -2.31. The van der Waals surface area contributed by atoms with Crippen molar-refractivity contribution in [2.24, 2.45) is 5.92 Å². The number of benzene rings is 1. The van der Waals surface area contributed by atoms with Crippen LogP contribution in [-0.4, -0.2) is 19.1 Å². The molecular weight excluding hydrogens is 208 g/mol. The maximum absolute atomic E-state index is 3.45. The van der Waals surface area contributed by atoms with Gasteiger partial charge < -0.3 is 10.2 Å². The highest BCUT2D eigenvalue weighted by Crippen LogP contribution is 2.41. The first kappa shape index (κ1) is 11.1. The zero-order valence-electron chi connectivity index (χ0n) is 10.7. The summed E-state index contributed by atoms with van der Waals surface area (Å²) in [6.07, 6.45) is 4.28. The van der Waals surface area contributed by atoms with Crippen LogP contribution >= 0.6 is 0 Å². The van der Waals surface area contributed by atoms with Crippen LogP contribution in [0.1, 0.15) is 31.7 Å². The van der Waals surface area contributed by atoms with Crippen molar-refractivity contribution in [3.63, 3.8) is 0 Å². The van der Waals surface area contributed by atoms with Gasteiger partial charge in [0.05, 0.1) is 0 Å². The van der Waals surface area contributed by atoms with Gasteiger partial charge in [-0.2, -0.15) is 0 Å². The molecule has 0 aromatic heterocycles. The summed E-state index contributed by atoms with van der Waals surface area (Å²) < 4.78 is 0.